The van der Waals surface area contributed by atoms with Gasteiger partial charge in [-0.25, -0.2) is 14.2 Å². The number of aromatic nitrogens is 2. The maximum absolute atomic E-state index is 14.4. The Morgan fingerprint density at radius 2 is 1.80 bits per heavy atom. The highest BCUT2D eigenvalue weighted by atomic mass is 19.4. The Kier molecular flexibility index (Phi) is 5.96. The van der Waals surface area contributed by atoms with Crippen LogP contribution in [-0.4, -0.2) is 45.6 Å². The molecule has 1 aromatic heterocycles. The quantitative estimate of drug-likeness (QED) is 0.213. The number of carbonyl (C=O) groups is 1. The molecule has 0 radical (unpaired) electrons. The highest BCUT2D eigenvalue weighted by Gasteiger charge is 2.70. The average Bonchev–Trinajstić information content (AvgIpc) is 3.38. The van der Waals surface area contributed by atoms with E-state index in [2.05, 4.69) is 14.8 Å². The van der Waals surface area contributed by atoms with Crippen LogP contribution < -0.4 is 0 Å². The molecule has 1 unspecified atom stereocenters. The number of fused-ring (bicyclic) bond motifs is 1. The summed E-state index contributed by atoms with van der Waals surface area (Å²) >= 11 is 0. The van der Waals surface area contributed by atoms with E-state index in [0.29, 0.717) is 43.9 Å². The number of aliphatic carboxylic acids is 1. The average molecular weight is 549 g/mol. The summed E-state index contributed by atoms with van der Waals surface area (Å²) in [6, 6.07) is 16.7. The Hall–Kier alpha value is -4.23. The van der Waals surface area contributed by atoms with Crippen LogP contribution in [0, 0.1) is 17.8 Å². The summed E-state index contributed by atoms with van der Waals surface area (Å²) in [5.41, 5.74) is 1.23. The Bertz CT molecular complexity index is 1660. The van der Waals surface area contributed by atoms with Crippen LogP contribution in [0.15, 0.2) is 60.7 Å². The lowest BCUT2D eigenvalue weighted by molar-refractivity contribution is -0.140. The third kappa shape index (κ3) is 4.21. The molecule has 1 aliphatic heterocycles. The minimum atomic E-state index is -4.83. The fourth-order valence-electron chi connectivity index (χ4n) is 6.43. The van der Waals surface area contributed by atoms with Gasteiger partial charge in [-0.2, -0.15) is 13.2 Å². The van der Waals surface area contributed by atoms with Crippen molar-refractivity contribution in [3.63, 3.8) is 0 Å². The number of hydrogen-bond acceptors (Lipinski definition) is 3. The van der Waals surface area contributed by atoms with Crippen LogP contribution in [0.4, 0.5) is 23.2 Å². The van der Waals surface area contributed by atoms with E-state index in [4.69, 9.17) is 6.57 Å². The number of imidazole rings is 1. The van der Waals surface area contributed by atoms with Crippen LogP contribution >= 0.6 is 0 Å². The number of piperidine rings is 1. The molecule has 1 atom stereocenters. The second-order valence-corrected chi connectivity index (χ2v) is 10.7. The molecule has 2 N–H and O–H groups in total. The van der Waals surface area contributed by atoms with Crippen molar-refractivity contribution < 1.29 is 27.5 Å². The lowest BCUT2D eigenvalue weighted by Crippen LogP contribution is -2.40. The van der Waals surface area contributed by atoms with E-state index in [1.165, 1.54) is 0 Å². The summed E-state index contributed by atoms with van der Waals surface area (Å²) in [6.07, 6.45) is -2.77. The molecule has 10 heteroatoms. The standard InChI is InChI=1S/C30H24F4N4O2/c1-35-21-4-2-3-19(13-21)18-5-7-20(8-6-18)29(17-28(29)9-11-38(12-10-28)16-26(39)40)27-36-24-14-22(30(32,33)34)23(31)15-25(24)37-27/h2-8,13-15H,9-12,16-17H2,(H,36,37)(H,39,40). The summed E-state index contributed by atoms with van der Waals surface area (Å²) in [4.78, 5) is 24.3. The van der Waals surface area contributed by atoms with Gasteiger partial charge >= 0.3 is 12.1 Å². The molecule has 2 aliphatic rings. The van der Waals surface area contributed by atoms with Crippen molar-refractivity contribution in [3.05, 3.63) is 94.8 Å². The molecule has 0 bridgehead atoms. The molecule has 1 saturated heterocycles. The summed E-state index contributed by atoms with van der Waals surface area (Å²) in [5.74, 6) is -1.78. The Labute approximate surface area is 227 Å². The number of rotatable bonds is 5. The number of likely N-dealkylation sites (tertiary alicyclic amines) is 1. The molecular formula is C30H24F4N4O2. The summed E-state index contributed by atoms with van der Waals surface area (Å²) in [7, 11) is 0. The van der Waals surface area contributed by atoms with Crippen molar-refractivity contribution in [3.8, 4) is 11.1 Å². The summed E-state index contributed by atoms with van der Waals surface area (Å²) < 4.78 is 54.6. The van der Waals surface area contributed by atoms with Gasteiger partial charge in [0.2, 0.25) is 0 Å². The van der Waals surface area contributed by atoms with Crippen LogP contribution in [0.2, 0.25) is 0 Å². The van der Waals surface area contributed by atoms with Gasteiger partial charge < -0.3 is 10.1 Å². The van der Waals surface area contributed by atoms with Crippen LogP contribution in [0.1, 0.15) is 36.2 Å². The number of nitrogens with one attached hydrogen (secondary N) is 1. The molecule has 204 valence electrons. The van der Waals surface area contributed by atoms with Crippen molar-refractivity contribution in [2.24, 2.45) is 5.41 Å². The smallest absolute Gasteiger partial charge is 0.419 e. The maximum Gasteiger partial charge on any atom is 0.419 e. The first-order chi connectivity index (χ1) is 19.0. The van der Waals surface area contributed by atoms with Gasteiger partial charge in [-0.05, 0) is 66.6 Å². The van der Waals surface area contributed by atoms with Gasteiger partial charge in [0.1, 0.15) is 11.6 Å². The zero-order valence-corrected chi connectivity index (χ0v) is 21.2. The van der Waals surface area contributed by atoms with Gasteiger partial charge in [0, 0.05) is 6.07 Å². The van der Waals surface area contributed by atoms with E-state index in [1.54, 1.807) is 12.1 Å². The van der Waals surface area contributed by atoms with Gasteiger partial charge in [0.05, 0.1) is 35.1 Å². The normalized spacial score (nSPS) is 20.5. The van der Waals surface area contributed by atoms with Gasteiger partial charge in [-0.15, -0.1) is 0 Å². The van der Waals surface area contributed by atoms with E-state index in [0.717, 1.165) is 28.8 Å². The number of halogens is 4. The van der Waals surface area contributed by atoms with Crippen molar-refractivity contribution in [1.29, 1.82) is 0 Å². The predicted molar refractivity (Wildman–Crippen MR) is 140 cm³/mol. The highest BCUT2D eigenvalue weighted by molar-refractivity contribution is 5.77. The first kappa shape index (κ1) is 26.0. The molecule has 1 aliphatic carbocycles. The van der Waals surface area contributed by atoms with Gasteiger partial charge in [0.15, 0.2) is 5.69 Å². The maximum atomic E-state index is 14.4. The minimum Gasteiger partial charge on any atom is -0.480 e. The molecular weight excluding hydrogens is 524 g/mol. The number of hydrogen-bond donors (Lipinski definition) is 2. The predicted octanol–water partition coefficient (Wildman–Crippen LogP) is 6.80. The summed E-state index contributed by atoms with van der Waals surface area (Å²) in [5, 5.41) is 9.22. The Morgan fingerprint density at radius 1 is 1.07 bits per heavy atom. The molecule has 4 aromatic rings. The van der Waals surface area contributed by atoms with Crippen molar-refractivity contribution in [1.82, 2.24) is 14.9 Å². The fraction of sp³-hybridized carbons (Fsp3) is 0.300. The third-order valence-corrected chi connectivity index (χ3v) is 8.52. The molecule has 2 fully saturated rings. The lowest BCUT2D eigenvalue weighted by Gasteiger charge is -2.34. The topological polar surface area (TPSA) is 73.6 Å². The summed E-state index contributed by atoms with van der Waals surface area (Å²) in [6.45, 7) is 8.38. The fourth-order valence-corrected chi connectivity index (χ4v) is 6.43. The monoisotopic (exact) mass is 548 g/mol. The molecule has 2 heterocycles. The van der Waals surface area contributed by atoms with Crippen LogP contribution in [-0.2, 0) is 16.4 Å². The number of carboxylic acid groups (broad SMARTS) is 1. The zero-order valence-electron chi connectivity index (χ0n) is 21.2. The Balaban J connectivity index is 1.42. The number of aromatic amines is 1. The van der Waals surface area contributed by atoms with E-state index < -0.39 is 28.9 Å². The van der Waals surface area contributed by atoms with Crippen LogP contribution in [0.25, 0.3) is 27.0 Å². The largest absolute Gasteiger partial charge is 0.480 e. The van der Waals surface area contributed by atoms with Crippen molar-refractivity contribution >= 4 is 22.7 Å². The second kappa shape index (κ2) is 9.17. The molecule has 1 saturated carbocycles. The van der Waals surface area contributed by atoms with Crippen molar-refractivity contribution in [2.45, 2.75) is 30.9 Å². The third-order valence-electron chi connectivity index (χ3n) is 8.52. The molecule has 6 rings (SSSR count). The number of benzene rings is 3. The highest BCUT2D eigenvalue weighted by Crippen LogP contribution is 2.72. The minimum absolute atomic E-state index is 0.0500. The Morgan fingerprint density at radius 3 is 2.45 bits per heavy atom. The van der Waals surface area contributed by atoms with E-state index in [9.17, 15) is 27.5 Å². The lowest BCUT2D eigenvalue weighted by atomic mass is 9.79. The zero-order chi connectivity index (χ0) is 28.3. The molecule has 40 heavy (non-hydrogen) atoms. The molecule has 3 aromatic carbocycles. The van der Waals surface area contributed by atoms with E-state index in [-0.39, 0.29) is 23.0 Å². The van der Waals surface area contributed by atoms with E-state index >= 15 is 0 Å². The van der Waals surface area contributed by atoms with Gasteiger partial charge in [0.25, 0.3) is 0 Å². The first-order valence-electron chi connectivity index (χ1n) is 12.8. The molecule has 0 amide bonds. The van der Waals surface area contributed by atoms with Gasteiger partial charge in [-0.3, -0.25) is 9.69 Å². The number of H-pyrrole nitrogens is 1. The van der Waals surface area contributed by atoms with Gasteiger partial charge in [-0.1, -0.05) is 42.5 Å². The number of carboxylic acids is 1. The SMILES string of the molecule is [C-]#[N+]c1cccc(-c2ccc(C3(c4nc5cc(F)c(C(F)(F)F)cc5[nH]4)CC34CCN(CC(=O)O)CC4)cc2)c1. The number of alkyl halides is 3. The van der Waals surface area contributed by atoms with Crippen LogP contribution in [0.3, 0.4) is 0 Å². The van der Waals surface area contributed by atoms with Crippen LogP contribution in [0.5, 0.6) is 0 Å². The van der Waals surface area contributed by atoms with E-state index in [1.807, 2.05) is 41.3 Å². The molecule has 1 spiro atoms. The molecule has 6 nitrogen and oxygen atoms in total. The first-order valence-corrected chi connectivity index (χ1v) is 12.8. The number of nitrogens with zero attached hydrogens (tertiary/aromatic N) is 3. The van der Waals surface area contributed by atoms with Crippen molar-refractivity contribution in [2.75, 3.05) is 19.6 Å². The second-order valence-electron chi connectivity index (χ2n) is 10.7.